The summed E-state index contributed by atoms with van der Waals surface area (Å²) in [6.07, 6.45) is 6.55. The maximum Gasteiger partial charge on any atom is 0.334 e. The molecule has 0 bridgehead atoms. The second-order valence-electron chi connectivity index (χ2n) is 8.64. The van der Waals surface area contributed by atoms with Gasteiger partial charge in [0.2, 0.25) is 0 Å². The molecule has 25 heavy (non-hydrogen) atoms. The minimum absolute atomic E-state index is 0.0313. The second kappa shape index (κ2) is 5.68. The number of cyclic esters (lactones) is 2. The third-order valence-electron chi connectivity index (χ3n) is 7.47. The van der Waals surface area contributed by atoms with Crippen LogP contribution in [0.15, 0.2) is 11.6 Å². The molecule has 5 nitrogen and oxygen atoms in total. The SMILES string of the molecule is C[C@@H]1C(=O)C[C@@]23COC(=O)C2=CCC[C@@H]3[C@@]1(C)CC[C@@H]1COC(=O)C1. The van der Waals surface area contributed by atoms with Gasteiger partial charge in [0.15, 0.2) is 0 Å². The molecule has 0 aromatic heterocycles. The van der Waals surface area contributed by atoms with Gasteiger partial charge < -0.3 is 9.47 Å². The molecule has 0 unspecified atom stereocenters. The number of esters is 2. The Bertz CT molecular complexity index is 665. The number of hydrogen-bond donors (Lipinski definition) is 0. The maximum absolute atomic E-state index is 12.9. The van der Waals surface area contributed by atoms with Crippen LogP contribution in [-0.4, -0.2) is 30.9 Å². The van der Waals surface area contributed by atoms with Gasteiger partial charge in [-0.25, -0.2) is 4.79 Å². The minimum atomic E-state index is -0.421. The summed E-state index contributed by atoms with van der Waals surface area (Å²) in [6.45, 7) is 5.10. The van der Waals surface area contributed by atoms with Crippen molar-refractivity contribution in [2.24, 2.45) is 28.6 Å². The topological polar surface area (TPSA) is 69.7 Å². The molecule has 2 aliphatic carbocycles. The van der Waals surface area contributed by atoms with Crippen molar-refractivity contribution in [2.75, 3.05) is 13.2 Å². The number of carbonyl (C=O) groups is 3. The third-order valence-corrected chi connectivity index (χ3v) is 7.47. The van der Waals surface area contributed by atoms with Gasteiger partial charge in [-0.05, 0) is 37.0 Å². The molecule has 0 N–H and O–H groups in total. The van der Waals surface area contributed by atoms with E-state index in [1.807, 2.05) is 13.0 Å². The van der Waals surface area contributed by atoms with E-state index in [0.29, 0.717) is 26.1 Å². The van der Waals surface area contributed by atoms with Crippen molar-refractivity contribution >= 4 is 17.7 Å². The van der Waals surface area contributed by atoms with E-state index >= 15 is 0 Å². The third kappa shape index (κ3) is 2.38. The van der Waals surface area contributed by atoms with Crippen molar-refractivity contribution in [3.8, 4) is 0 Å². The van der Waals surface area contributed by atoms with Crippen LogP contribution in [0.2, 0.25) is 0 Å². The van der Waals surface area contributed by atoms with Crippen LogP contribution in [0.3, 0.4) is 0 Å². The van der Waals surface area contributed by atoms with Crippen LogP contribution in [0.25, 0.3) is 0 Å². The first kappa shape index (κ1) is 16.8. The van der Waals surface area contributed by atoms with Crippen LogP contribution in [0.1, 0.15) is 52.4 Å². The van der Waals surface area contributed by atoms with Gasteiger partial charge in [-0.15, -0.1) is 0 Å². The molecule has 1 saturated carbocycles. The van der Waals surface area contributed by atoms with Gasteiger partial charge in [0.25, 0.3) is 0 Å². The molecular formula is C20H26O5. The Kier molecular flexibility index (Phi) is 3.82. The lowest BCUT2D eigenvalue weighted by molar-refractivity contribution is -0.145. The van der Waals surface area contributed by atoms with E-state index in [0.717, 1.165) is 31.3 Å². The fourth-order valence-corrected chi connectivity index (χ4v) is 5.82. The van der Waals surface area contributed by atoms with Crippen LogP contribution in [-0.2, 0) is 23.9 Å². The summed E-state index contributed by atoms with van der Waals surface area (Å²) in [6, 6.07) is 0. The van der Waals surface area contributed by atoms with E-state index < -0.39 is 5.41 Å². The second-order valence-corrected chi connectivity index (χ2v) is 8.64. The number of ketones is 1. The highest BCUT2D eigenvalue weighted by atomic mass is 16.5. The number of allylic oxidation sites excluding steroid dienone is 1. The molecule has 0 aromatic rings. The van der Waals surface area contributed by atoms with Gasteiger partial charge in [0, 0.05) is 29.2 Å². The van der Waals surface area contributed by atoms with E-state index in [1.54, 1.807) is 0 Å². The normalized spacial score (nSPS) is 43.2. The molecule has 2 heterocycles. The molecule has 2 aliphatic heterocycles. The zero-order valence-electron chi connectivity index (χ0n) is 15.0. The molecule has 136 valence electrons. The Balaban J connectivity index is 1.63. The van der Waals surface area contributed by atoms with E-state index in [1.165, 1.54) is 0 Å². The molecule has 4 aliphatic rings. The quantitative estimate of drug-likeness (QED) is 0.735. The minimum Gasteiger partial charge on any atom is -0.465 e. The van der Waals surface area contributed by atoms with Gasteiger partial charge in [0.1, 0.15) is 12.4 Å². The van der Waals surface area contributed by atoms with Crippen LogP contribution in [0.4, 0.5) is 0 Å². The lowest BCUT2D eigenvalue weighted by atomic mass is 9.46. The Morgan fingerprint density at radius 2 is 2.04 bits per heavy atom. The predicted molar refractivity (Wildman–Crippen MR) is 89.4 cm³/mol. The highest BCUT2D eigenvalue weighted by molar-refractivity contribution is 5.95. The van der Waals surface area contributed by atoms with Crippen LogP contribution < -0.4 is 0 Å². The van der Waals surface area contributed by atoms with Crippen molar-refractivity contribution in [2.45, 2.75) is 52.4 Å². The Hall–Kier alpha value is -1.65. The fourth-order valence-electron chi connectivity index (χ4n) is 5.82. The van der Waals surface area contributed by atoms with Gasteiger partial charge >= 0.3 is 11.9 Å². The molecule has 2 saturated heterocycles. The van der Waals surface area contributed by atoms with Crippen molar-refractivity contribution in [1.29, 1.82) is 0 Å². The van der Waals surface area contributed by atoms with Crippen molar-refractivity contribution < 1.29 is 23.9 Å². The van der Waals surface area contributed by atoms with Crippen molar-refractivity contribution in [3.05, 3.63) is 11.6 Å². The van der Waals surface area contributed by atoms with E-state index in [4.69, 9.17) is 9.47 Å². The molecule has 0 amide bonds. The van der Waals surface area contributed by atoms with E-state index in [-0.39, 0.29) is 40.9 Å². The summed E-state index contributed by atoms with van der Waals surface area (Å²) < 4.78 is 10.5. The zero-order chi connectivity index (χ0) is 17.8. The molecule has 4 rings (SSSR count). The van der Waals surface area contributed by atoms with Gasteiger partial charge in [-0.3, -0.25) is 9.59 Å². The van der Waals surface area contributed by atoms with Gasteiger partial charge in [-0.2, -0.15) is 0 Å². The molecule has 1 spiro atoms. The first-order valence-electron chi connectivity index (χ1n) is 9.43. The largest absolute Gasteiger partial charge is 0.465 e. The lowest BCUT2D eigenvalue weighted by Crippen LogP contribution is -2.55. The number of rotatable bonds is 3. The zero-order valence-corrected chi connectivity index (χ0v) is 15.0. The smallest absolute Gasteiger partial charge is 0.334 e. The van der Waals surface area contributed by atoms with Gasteiger partial charge in [0.05, 0.1) is 13.0 Å². The number of carbonyl (C=O) groups excluding carboxylic acids is 3. The fraction of sp³-hybridized carbons (Fsp3) is 0.750. The number of hydrogen-bond acceptors (Lipinski definition) is 5. The monoisotopic (exact) mass is 346 g/mol. The van der Waals surface area contributed by atoms with Crippen molar-refractivity contribution in [3.63, 3.8) is 0 Å². The summed E-state index contributed by atoms with van der Waals surface area (Å²) in [5, 5.41) is 0. The predicted octanol–water partition coefficient (Wildman–Crippen LogP) is 2.82. The maximum atomic E-state index is 12.9. The average molecular weight is 346 g/mol. The number of ether oxygens (including phenoxy) is 2. The van der Waals surface area contributed by atoms with Crippen LogP contribution >= 0.6 is 0 Å². The Morgan fingerprint density at radius 3 is 2.76 bits per heavy atom. The molecule has 0 radical (unpaired) electrons. The average Bonchev–Trinajstić information content (AvgIpc) is 3.15. The summed E-state index contributed by atoms with van der Waals surface area (Å²) >= 11 is 0. The highest BCUT2D eigenvalue weighted by Crippen LogP contribution is 2.63. The first-order chi connectivity index (χ1) is 11.9. The molecular weight excluding hydrogens is 320 g/mol. The summed E-state index contributed by atoms with van der Waals surface area (Å²) in [5.41, 5.74) is 0.152. The van der Waals surface area contributed by atoms with Crippen LogP contribution in [0.5, 0.6) is 0 Å². The van der Waals surface area contributed by atoms with E-state index in [2.05, 4.69) is 6.92 Å². The number of Topliss-reactive ketones (excluding diaryl/α,β-unsaturated/α-hetero) is 1. The Labute approximate surface area is 148 Å². The molecule has 0 aromatic carbocycles. The van der Waals surface area contributed by atoms with Crippen LogP contribution in [0, 0.1) is 28.6 Å². The van der Waals surface area contributed by atoms with E-state index in [9.17, 15) is 14.4 Å². The van der Waals surface area contributed by atoms with Crippen molar-refractivity contribution in [1.82, 2.24) is 0 Å². The first-order valence-corrected chi connectivity index (χ1v) is 9.43. The molecule has 5 heteroatoms. The lowest BCUT2D eigenvalue weighted by Gasteiger charge is -2.55. The summed E-state index contributed by atoms with van der Waals surface area (Å²) in [7, 11) is 0. The summed E-state index contributed by atoms with van der Waals surface area (Å²) in [4.78, 5) is 36.5. The molecule has 5 atom stereocenters. The summed E-state index contributed by atoms with van der Waals surface area (Å²) in [5.74, 6) is 0.391. The standard InChI is InChI=1S/C20H26O5/c1-12-15(21)9-20-11-25-18(23)14(20)4-3-5-16(20)19(12,2)7-6-13-8-17(22)24-10-13/h4,12-13,16H,3,5-11H2,1-2H3/t12-,13+,16-,19+,20-/m1/s1. The Morgan fingerprint density at radius 1 is 1.24 bits per heavy atom. The van der Waals surface area contributed by atoms with Gasteiger partial charge in [-0.1, -0.05) is 19.9 Å². The molecule has 3 fully saturated rings. The highest BCUT2D eigenvalue weighted by Gasteiger charge is 2.63.